The van der Waals surface area contributed by atoms with Crippen LogP contribution < -0.4 is 16.4 Å². The summed E-state index contributed by atoms with van der Waals surface area (Å²) in [5.74, 6) is 7.44. The number of nitrogens with two attached hydrogens (primary N) is 1. The summed E-state index contributed by atoms with van der Waals surface area (Å²) in [6.45, 7) is 12.8. The van der Waals surface area contributed by atoms with Crippen molar-refractivity contribution in [3.8, 4) is 34.2 Å². The van der Waals surface area contributed by atoms with E-state index in [1.807, 2.05) is 81.3 Å². The minimum atomic E-state index is -0.737. The van der Waals surface area contributed by atoms with E-state index in [1.165, 1.54) is 14.2 Å². The molecule has 13 heteroatoms. The molecule has 13 nitrogen and oxygen atoms in total. The number of benzene rings is 2. The smallest absolute Gasteiger partial charge is 0.407 e. The highest BCUT2D eigenvalue weighted by Crippen LogP contribution is 2.34. The highest BCUT2D eigenvalue weighted by Gasteiger charge is 2.38. The molecule has 3 amide bonds. The Morgan fingerprint density at radius 1 is 0.946 bits per heavy atom. The summed E-state index contributed by atoms with van der Waals surface area (Å²) in [6, 6.07) is 14.4. The zero-order valence-corrected chi connectivity index (χ0v) is 33.2. The molecule has 2 aliphatic rings. The number of rotatable bonds is 13. The molecule has 3 heterocycles. The van der Waals surface area contributed by atoms with Crippen LogP contribution in [0.3, 0.4) is 0 Å². The number of H-pyrrole nitrogens is 1. The number of aromatic nitrogens is 2. The molecule has 56 heavy (non-hydrogen) atoms. The molecule has 3 aromatic rings. The third-order valence-corrected chi connectivity index (χ3v) is 10.2. The number of methoxy groups -OCH3 is 2. The first-order valence-corrected chi connectivity index (χ1v) is 19.1. The number of amides is 3. The Morgan fingerprint density at radius 3 is 2.32 bits per heavy atom. The zero-order chi connectivity index (χ0) is 40.4. The predicted octanol–water partition coefficient (Wildman–Crippen LogP) is 5.73. The number of carbonyl (C=O) groups is 3. The average molecular weight is 763 g/mol. The molecule has 0 saturated carbocycles. The summed E-state index contributed by atoms with van der Waals surface area (Å²) in [6.07, 6.45) is 7.48. The quantitative estimate of drug-likeness (QED) is 0.0742. The summed E-state index contributed by atoms with van der Waals surface area (Å²) >= 11 is 0. The van der Waals surface area contributed by atoms with Crippen molar-refractivity contribution < 1.29 is 23.9 Å². The van der Waals surface area contributed by atoms with Gasteiger partial charge in [0, 0.05) is 36.5 Å². The Hall–Kier alpha value is -6.03. The zero-order valence-electron chi connectivity index (χ0n) is 33.2. The Labute approximate surface area is 329 Å². The number of carbonyl (C=O) groups excluding carboxylic acids is 3. The minimum Gasteiger partial charge on any atom is -0.483 e. The molecule has 0 radical (unpaired) electrons. The molecule has 296 valence electrons. The molecule has 2 fully saturated rings. The van der Waals surface area contributed by atoms with Crippen LogP contribution in [-0.2, 0) is 19.1 Å². The van der Waals surface area contributed by atoms with Gasteiger partial charge in [0.15, 0.2) is 5.88 Å². The Kier molecular flexibility index (Phi) is 14.0. The van der Waals surface area contributed by atoms with E-state index < -0.39 is 18.2 Å². The number of alkyl carbamates (subject to hydrolysis) is 1. The molecule has 5 rings (SSSR count). The molecule has 2 aliphatic heterocycles. The maximum absolute atomic E-state index is 13.7. The van der Waals surface area contributed by atoms with Crippen LogP contribution in [0.1, 0.15) is 70.8 Å². The average Bonchev–Trinajstić information content (AvgIpc) is 4.00. The molecule has 0 bridgehead atoms. The summed E-state index contributed by atoms with van der Waals surface area (Å²) in [5, 5.41) is 5.78. The van der Waals surface area contributed by atoms with Gasteiger partial charge >= 0.3 is 6.09 Å². The number of nitrogens with zero attached hydrogens (tertiary/aromatic N) is 4. The lowest BCUT2D eigenvalue weighted by molar-refractivity contribution is -0.136. The van der Waals surface area contributed by atoms with Crippen LogP contribution in [-0.4, -0.2) is 88.9 Å². The van der Waals surface area contributed by atoms with E-state index in [0.717, 1.165) is 53.0 Å². The lowest BCUT2D eigenvalue weighted by Gasteiger charge is -2.31. The molecule has 0 aliphatic carbocycles. The van der Waals surface area contributed by atoms with Gasteiger partial charge in [-0.05, 0) is 67.4 Å². The molecule has 0 spiro atoms. The van der Waals surface area contributed by atoms with Crippen LogP contribution in [0.5, 0.6) is 0 Å². The molecule has 4 atom stereocenters. The third-order valence-electron chi connectivity index (χ3n) is 10.2. The number of likely N-dealkylation sites (tertiary alicyclic amines) is 2. The van der Waals surface area contributed by atoms with E-state index in [9.17, 15) is 14.4 Å². The third kappa shape index (κ3) is 9.79. The van der Waals surface area contributed by atoms with Crippen LogP contribution in [0.2, 0.25) is 0 Å². The highest BCUT2D eigenvalue weighted by molar-refractivity contribution is 5.94. The molecular weight excluding hydrogens is 709 g/mol. The largest absolute Gasteiger partial charge is 0.483 e. The van der Waals surface area contributed by atoms with Gasteiger partial charge in [-0.2, -0.15) is 0 Å². The number of imidazole rings is 1. The van der Waals surface area contributed by atoms with Crippen molar-refractivity contribution in [3.63, 3.8) is 0 Å². The molecule has 2 unspecified atom stereocenters. The van der Waals surface area contributed by atoms with Gasteiger partial charge in [-0.3, -0.25) is 9.59 Å². The van der Waals surface area contributed by atoms with Crippen LogP contribution in [0.15, 0.2) is 84.5 Å². The van der Waals surface area contributed by atoms with Crippen molar-refractivity contribution in [2.45, 2.75) is 77.5 Å². The molecule has 5 N–H and O–H groups in total. The maximum Gasteiger partial charge on any atom is 0.407 e. The fourth-order valence-corrected chi connectivity index (χ4v) is 7.15. The first kappa shape index (κ1) is 41.1. The monoisotopic (exact) mass is 762 g/mol. The fraction of sp³-hybridized carbons (Fsp3) is 0.419. The van der Waals surface area contributed by atoms with E-state index in [-0.39, 0.29) is 35.7 Å². The Bertz CT molecular complexity index is 1990. The number of nitrogens with one attached hydrogen (secondary N) is 3. The lowest BCUT2D eigenvalue weighted by Crippen LogP contribution is -2.54. The van der Waals surface area contributed by atoms with Gasteiger partial charge in [-0.15, -0.1) is 0 Å². The van der Waals surface area contributed by atoms with E-state index in [1.54, 1.807) is 17.2 Å². The standard InChI is InChI=1S/C43H54N8O5/c1-27(2)37(47-29(5)55-6)41(52)51-24-14-19-36(51)40-46-26-34(48-40)32-21-20-31(33(25-32)30-15-9-8-10-16-30)17-11-12-22-45-39(44)35-18-13-23-50(35)42(53)38(28(3)4)49-43(54)56-7/h8-10,12,15-16,20-22,25-28,35-38,47H,5,13-14,18-19,23-24H2,1-4,6-7H3,(H2,44,45)(H,46,48)(H,49,54)/b22-12+/t35-,36-,37?,38?/m0/s1. The van der Waals surface area contributed by atoms with Gasteiger partial charge in [0.1, 0.15) is 23.7 Å². The second-order valence-corrected chi connectivity index (χ2v) is 14.7. The van der Waals surface area contributed by atoms with Gasteiger partial charge in [-0.25, -0.2) is 14.8 Å². The van der Waals surface area contributed by atoms with E-state index >= 15 is 0 Å². The Balaban J connectivity index is 1.33. The van der Waals surface area contributed by atoms with Crippen molar-refractivity contribution in [2.24, 2.45) is 22.6 Å². The number of amidine groups is 1. The molecule has 1 aromatic heterocycles. The SMILES string of the molecule is C=C(NC(C(=O)N1CCC[C@H]1c1ncc(-c2ccc(C#C/C=C/N=C(N)[C@@H]3CCCN3C(=O)C(NC(=O)OC)C(C)C)c(-c3ccccc3)c2)[nH]1)C(C)C)OC. The lowest BCUT2D eigenvalue weighted by atomic mass is 9.96. The number of allylic oxidation sites excluding steroid dienone is 1. The molecule has 2 aromatic carbocycles. The summed E-state index contributed by atoms with van der Waals surface area (Å²) in [7, 11) is 2.80. The summed E-state index contributed by atoms with van der Waals surface area (Å²) in [4.78, 5) is 55.3. The van der Waals surface area contributed by atoms with Crippen molar-refractivity contribution in [2.75, 3.05) is 27.3 Å². The van der Waals surface area contributed by atoms with Gasteiger partial charge in [0.2, 0.25) is 11.8 Å². The van der Waals surface area contributed by atoms with Gasteiger partial charge in [-0.1, -0.05) is 75.9 Å². The summed E-state index contributed by atoms with van der Waals surface area (Å²) < 4.78 is 9.93. The second-order valence-electron chi connectivity index (χ2n) is 14.7. The van der Waals surface area contributed by atoms with Gasteiger partial charge in [0.25, 0.3) is 0 Å². The van der Waals surface area contributed by atoms with Crippen LogP contribution in [0.25, 0.3) is 22.4 Å². The van der Waals surface area contributed by atoms with Crippen molar-refractivity contribution >= 4 is 23.7 Å². The molecule has 2 saturated heterocycles. The molecular formula is C43H54N8O5. The van der Waals surface area contributed by atoms with Gasteiger partial charge < -0.3 is 40.6 Å². The Morgan fingerprint density at radius 2 is 1.62 bits per heavy atom. The fourth-order valence-electron chi connectivity index (χ4n) is 7.15. The first-order valence-electron chi connectivity index (χ1n) is 19.1. The van der Waals surface area contributed by atoms with E-state index in [0.29, 0.717) is 31.2 Å². The van der Waals surface area contributed by atoms with Crippen molar-refractivity contribution in [1.82, 2.24) is 30.4 Å². The number of aromatic amines is 1. The minimum absolute atomic E-state index is 0.00392. The van der Waals surface area contributed by atoms with E-state index in [4.69, 9.17) is 20.2 Å². The number of hydrogen-bond donors (Lipinski definition) is 4. The van der Waals surface area contributed by atoms with Crippen LogP contribution in [0, 0.1) is 23.7 Å². The second kappa shape index (κ2) is 19.0. The number of ether oxygens (including phenoxy) is 2. The van der Waals surface area contributed by atoms with Crippen molar-refractivity contribution in [1.29, 1.82) is 0 Å². The highest BCUT2D eigenvalue weighted by atomic mass is 16.5. The number of hydrogen-bond acceptors (Lipinski definition) is 8. The predicted molar refractivity (Wildman–Crippen MR) is 218 cm³/mol. The van der Waals surface area contributed by atoms with Crippen LogP contribution >= 0.6 is 0 Å². The number of aliphatic imine (C=N–C) groups is 1. The first-order chi connectivity index (χ1) is 26.9. The van der Waals surface area contributed by atoms with E-state index in [2.05, 4.69) is 45.1 Å². The maximum atomic E-state index is 13.7. The van der Waals surface area contributed by atoms with Gasteiger partial charge in [0.05, 0.1) is 38.2 Å². The van der Waals surface area contributed by atoms with Crippen LogP contribution in [0.4, 0.5) is 4.79 Å². The normalized spacial score (nSPS) is 18.1. The summed E-state index contributed by atoms with van der Waals surface area (Å²) in [5.41, 5.74) is 11.0. The topological polar surface area (TPSA) is 167 Å². The van der Waals surface area contributed by atoms with Crippen molar-refractivity contribution in [3.05, 3.63) is 90.9 Å².